The van der Waals surface area contributed by atoms with Crippen LogP contribution in [0.5, 0.6) is 0 Å². The van der Waals surface area contributed by atoms with Gasteiger partial charge in [0.05, 0.1) is 23.6 Å². The van der Waals surface area contributed by atoms with E-state index in [1.165, 1.54) is 12.8 Å². The Morgan fingerprint density at radius 1 is 1.33 bits per heavy atom. The number of likely N-dealkylation sites (tertiary alicyclic amines) is 1. The highest BCUT2D eigenvalue weighted by atomic mass is 127. The lowest BCUT2D eigenvalue weighted by molar-refractivity contribution is 0.0767. The second kappa shape index (κ2) is 8.08. The molecule has 2 aromatic heterocycles. The van der Waals surface area contributed by atoms with E-state index >= 15 is 0 Å². The first-order valence-corrected chi connectivity index (χ1v) is 10.4. The molecule has 146 valence electrons. The summed E-state index contributed by atoms with van der Waals surface area (Å²) in [5, 5.41) is 5.48. The minimum atomic E-state index is 0. The first kappa shape index (κ1) is 19.2. The molecule has 0 aliphatic carbocycles. The van der Waals surface area contributed by atoms with E-state index in [-0.39, 0.29) is 24.0 Å². The SMILES string of the molecule is CCNC(=NCc1coc(-c2cccs2)n1)N1CC2C3CCC(O3)C2C1.I. The Hall–Kier alpha value is -1.13. The second-order valence-electron chi connectivity index (χ2n) is 7.31. The van der Waals surface area contributed by atoms with Gasteiger partial charge in [-0.1, -0.05) is 6.07 Å². The van der Waals surface area contributed by atoms with Gasteiger partial charge in [-0.05, 0) is 31.2 Å². The number of guanidine groups is 1. The number of hydrogen-bond donors (Lipinski definition) is 1. The molecule has 5 heterocycles. The topological polar surface area (TPSA) is 62.9 Å². The van der Waals surface area contributed by atoms with Crippen LogP contribution in [0, 0.1) is 11.8 Å². The lowest BCUT2D eigenvalue weighted by Crippen LogP contribution is -2.41. The van der Waals surface area contributed by atoms with Crippen LogP contribution >= 0.6 is 35.3 Å². The summed E-state index contributed by atoms with van der Waals surface area (Å²) in [7, 11) is 0. The number of thiophene rings is 1. The molecule has 0 radical (unpaired) electrons. The van der Waals surface area contributed by atoms with Crippen molar-refractivity contribution in [2.45, 2.75) is 38.5 Å². The molecule has 3 aliphatic rings. The molecule has 6 nitrogen and oxygen atoms in total. The van der Waals surface area contributed by atoms with Crippen LogP contribution in [-0.4, -0.2) is 47.7 Å². The molecular weight excluding hydrogens is 475 g/mol. The molecule has 4 atom stereocenters. The van der Waals surface area contributed by atoms with E-state index in [9.17, 15) is 0 Å². The number of oxazole rings is 1. The summed E-state index contributed by atoms with van der Waals surface area (Å²) in [6.07, 6.45) is 5.13. The predicted molar refractivity (Wildman–Crippen MR) is 116 cm³/mol. The van der Waals surface area contributed by atoms with Crippen molar-refractivity contribution in [3.8, 4) is 10.8 Å². The van der Waals surface area contributed by atoms with Crippen molar-refractivity contribution in [2.24, 2.45) is 16.8 Å². The number of halogens is 1. The van der Waals surface area contributed by atoms with Gasteiger partial charge < -0.3 is 19.4 Å². The zero-order chi connectivity index (χ0) is 17.5. The summed E-state index contributed by atoms with van der Waals surface area (Å²) in [4.78, 5) is 12.9. The van der Waals surface area contributed by atoms with Crippen LogP contribution in [0.15, 0.2) is 33.2 Å². The standard InChI is InChI=1S/C19H24N4O2S.HI/c1-2-20-19(23-9-13-14(10-23)16-6-5-15(13)25-16)21-8-12-11-24-18(22-12)17-4-3-7-26-17;/h3-4,7,11,13-16H,2,5-6,8-10H2,1H3,(H,20,21);1H. The van der Waals surface area contributed by atoms with Gasteiger partial charge in [0.15, 0.2) is 5.96 Å². The molecule has 0 saturated carbocycles. The van der Waals surface area contributed by atoms with Crippen LogP contribution in [-0.2, 0) is 11.3 Å². The summed E-state index contributed by atoms with van der Waals surface area (Å²) < 4.78 is 11.7. The van der Waals surface area contributed by atoms with Crippen LogP contribution in [0.1, 0.15) is 25.5 Å². The average molecular weight is 500 g/mol. The first-order chi connectivity index (χ1) is 12.8. The minimum absolute atomic E-state index is 0. The van der Waals surface area contributed by atoms with Crippen molar-refractivity contribution < 1.29 is 9.15 Å². The third kappa shape index (κ3) is 3.63. The van der Waals surface area contributed by atoms with Crippen molar-refractivity contribution >= 4 is 41.3 Å². The monoisotopic (exact) mass is 500 g/mol. The molecule has 27 heavy (non-hydrogen) atoms. The number of rotatable bonds is 4. The smallest absolute Gasteiger partial charge is 0.236 e. The first-order valence-electron chi connectivity index (χ1n) is 9.49. The van der Waals surface area contributed by atoms with Gasteiger partial charge in [-0.25, -0.2) is 9.98 Å². The highest BCUT2D eigenvalue weighted by molar-refractivity contribution is 14.0. The van der Waals surface area contributed by atoms with Gasteiger partial charge in [0, 0.05) is 31.5 Å². The van der Waals surface area contributed by atoms with Gasteiger partial charge in [0.1, 0.15) is 12.0 Å². The van der Waals surface area contributed by atoms with E-state index in [0.717, 1.165) is 36.2 Å². The van der Waals surface area contributed by atoms with Gasteiger partial charge in [0.25, 0.3) is 0 Å². The fourth-order valence-corrected chi connectivity index (χ4v) is 5.26. The number of aromatic nitrogens is 1. The number of nitrogens with zero attached hydrogens (tertiary/aromatic N) is 3. The molecule has 0 spiro atoms. The Morgan fingerprint density at radius 2 is 2.11 bits per heavy atom. The average Bonchev–Trinajstić information content (AvgIpc) is 3.44. The molecule has 5 rings (SSSR count). The largest absolute Gasteiger partial charge is 0.443 e. The van der Waals surface area contributed by atoms with Crippen LogP contribution in [0.2, 0.25) is 0 Å². The normalized spacial score (nSPS) is 29.1. The summed E-state index contributed by atoms with van der Waals surface area (Å²) >= 11 is 1.63. The Bertz CT molecular complexity index is 775. The van der Waals surface area contributed by atoms with Gasteiger partial charge in [-0.15, -0.1) is 35.3 Å². The van der Waals surface area contributed by atoms with Gasteiger partial charge in [-0.3, -0.25) is 0 Å². The van der Waals surface area contributed by atoms with E-state index in [2.05, 4.69) is 22.1 Å². The molecule has 0 amide bonds. The fourth-order valence-electron chi connectivity index (χ4n) is 4.61. The number of nitrogens with one attached hydrogen (secondary N) is 1. The van der Waals surface area contributed by atoms with E-state index < -0.39 is 0 Å². The van der Waals surface area contributed by atoms with E-state index in [4.69, 9.17) is 14.1 Å². The van der Waals surface area contributed by atoms with Crippen LogP contribution in [0.3, 0.4) is 0 Å². The van der Waals surface area contributed by atoms with Crippen molar-refractivity contribution in [3.63, 3.8) is 0 Å². The number of fused-ring (bicyclic) bond motifs is 5. The molecular formula is C19H25IN4O2S. The van der Waals surface area contributed by atoms with Crippen LogP contribution < -0.4 is 5.32 Å². The van der Waals surface area contributed by atoms with Crippen LogP contribution in [0.4, 0.5) is 0 Å². The lowest BCUT2D eigenvalue weighted by atomic mass is 9.82. The minimum Gasteiger partial charge on any atom is -0.443 e. The molecule has 2 bridgehead atoms. The zero-order valence-corrected chi connectivity index (χ0v) is 18.5. The maximum Gasteiger partial charge on any atom is 0.236 e. The maximum absolute atomic E-state index is 6.09. The Balaban J connectivity index is 0.00000180. The quantitative estimate of drug-likeness (QED) is 0.395. The van der Waals surface area contributed by atoms with Crippen molar-refractivity contribution in [1.82, 2.24) is 15.2 Å². The number of hydrogen-bond acceptors (Lipinski definition) is 5. The Morgan fingerprint density at radius 3 is 2.78 bits per heavy atom. The van der Waals surface area contributed by atoms with Crippen molar-refractivity contribution in [1.29, 1.82) is 0 Å². The second-order valence-corrected chi connectivity index (χ2v) is 8.26. The van der Waals surface area contributed by atoms with Crippen LogP contribution in [0.25, 0.3) is 10.8 Å². The van der Waals surface area contributed by atoms with Gasteiger partial charge >= 0.3 is 0 Å². The highest BCUT2D eigenvalue weighted by Crippen LogP contribution is 2.47. The third-order valence-electron chi connectivity index (χ3n) is 5.76. The van der Waals surface area contributed by atoms with E-state index in [0.29, 0.717) is 36.5 Å². The number of aliphatic imine (C=N–C) groups is 1. The Kier molecular flexibility index (Phi) is 5.75. The van der Waals surface area contributed by atoms with E-state index in [1.807, 2.05) is 17.5 Å². The Labute approximate surface area is 180 Å². The van der Waals surface area contributed by atoms with Gasteiger partial charge in [-0.2, -0.15) is 0 Å². The molecule has 0 aromatic carbocycles. The summed E-state index contributed by atoms with van der Waals surface area (Å²) in [6, 6.07) is 4.03. The molecule has 3 saturated heterocycles. The highest BCUT2D eigenvalue weighted by Gasteiger charge is 2.53. The lowest BCUT2D eigenvalue weighted by Gasteiger charge is -2.23. The van der Waals surface area contributed by atoms with Crippen molar-refractivity contribution in [3.05, 3.63) is 29.5 Å². The zero-order valence-electron chi connectivity index (χ0n) is 15.3. The molecule has 2 aromatic rings. The summed E-state index contributed by atoms with van der Waals surface area (Å²) in [6.45, 7) is 5.62. The molecule has 3 fully saturated rings. The molecule has 8 heteroatoms. The number of ether oxygens (including phenoxy) is 1. The van der Waals surface area contributed by atoms with Crippen molar-refractivity contribution in [2.75, 3.05) is 19.6 Å². The maximum atomic E-state index is 6.09. The molecule has 1 N–H and O–H groups in total. The molecule has 4 unspecified atom stereocenters. The fraction of sp³-hybridized carbons (Fsp3) is 0.579. The van der Waals surface area contributed by atoms with E-state index in [1.54, 1.807) is 17.6 Å². The summed E-state index contributed by atoms with van der Waals surface area (Å²) in [5.74, 6) is 3.02. The summed E-state index contributed by atoms with van der Waals surface area (Å²) in [5.41, 5.74) is 0.867. The molecule has 3 aliphatic heterocycles. The third-order valence-corrected chi connectivity index (χ3v) is 6.62. The predicted octanol–water partition coefficient (Wildman–Crippen LogP) is 3.60. The van der Waals surface area contributed by atoms with Gasteiger partial charge in [0.2, 0.25) is 5.89 Å².